The van der Waals surface area contributed by atoms with Gasteiger partial charge in [-0.15, -0.1) is 0 Å². The molecule has 140 valence electrons. The maximum atomic E-state index is 12.7. The minimum Gasteiger partial charge on any atom is -0.343 e. The molecule has 0 radical (unpaired) electrons. The maximum absolute atomic E-state index is 12.7. The predicted molar refractivity (Wildman–Crippen MR) is 102 cm³/mol. The van der Waals surface area contributed by atoms with E-state index in [4.69, 9.17) is 0 Å². The van der Waals surface area contributed by atoms with Gasteiger partial charge in [-0.25, -0.2) is 9.78 Å². The standard InChI is InChI=1S/C19H27N5O2/c1-4-23(5-2)18(25)14-7-6-10-24(12-14)19(26)21-15-8-9-17-16(11-15)20-13-22(17)3/h8-9,11,13-14H,4-7,10,12H2,1-3H3,(H,21,26)/t14-/m1/s1. The Balaban J connectivity index is 1.65. The lowest BCUT2D eigenvalue weighted by Gasteiger charge is -2.34. The third-order valence-electron chi connectivity index (χ3n) is 5.11. The van der Waals surface area contributed by atoms with Gasteiger partial charge in [-0.05, 0) is 44.9 Å². The van der Waals surface area contributed by atoms with Crippen LogP contribution in [0.4, 0.5) is 10.5 Å². The van der Waals surface area contributed by atoms with Crippen LogP contribution in [0.25, 0.3) is 11.0 Å². The van der Waals surface area contributed by atoms with Crippen LogP contribution in [0.2, 0.25) is 0 Å². The van der Waals surface area contributed by atoms with Crippen molar-refractivity contribution in [2.45, 2.75) is 26.7 Å². The first kappa shape index (κ1) is 18.2. The lowest BCUT2D eigenvalue weighted by atomic mass is 9.96. The number of nitrogens with one attached hydrogen (secondary N) is 1. The largest absolute Gasteiger partial charge is 0.343 e. The molecule has 26 heavy (non-hydrogen) atoms. The van der Waals surface area contributed by atoms with Crippen LogP contribution < -0.4 is 5.32 Å². The zero-order valence-corrected chi connectivity index (χ0v) is 15.7. The Kier molecular flexibility index (Phi) is 5.44. The molecule has 1 fully saturated rings. The van der Waals surface area contributed by atoms with E-state index < -0.39 is 0 Å². The van der Waals surface area contributed by atoms with Gasteiger partial charge in [0.15, 0.2) is 0 Å². The molecular formula is C19H27N5O2. The number of benzene rings is 1. The highest BCUT2D eigenvalue weighted by atomic mass is 16.2. The molecule has 1 atom stereocenters. The highest BCUT2D eigenvalue weighted by Crippen LogP contribution is 2.21. The fourth-order valence-electron chi connectivity index (χ4n) is 3.57. The number of hydrogen-bond donors (Lipinski definition) is 1. The summed E-state index contributed by atoms with van der Waals surface area (Å²) in [6.07, 6.45) is 3.45. The number of amides is 3. The average molecular weight is 357 g/mol. The molecule has 1 aliphatic rings. The minimum atomic E-state index is -0.155. The zero-order valence-electron chi connectivity index (χ0n) is 15.7. The van der Waals surface area contributed by atoms with Gasteiger partial charge in [-0.3, -0.25) is 4.79 Å². The highest BCUT2D eigenvalue weighted by Gasteiger charge is 2.30. The molecule has 1 aliphatic heterocycles. The van der Waals surface area contributed by atoms with Crippen LogP contribution in [0.1, 0.15) is 26.7 Å². The van der Waals surface area contributed by atoms with Crippen molar-refractivity contribution < 1.29 is 9.59 Å². The van der Waals surface area contributed by atoms with Crippen LogP contribution in [0.3, 0.4) is 0 Å². The van der Waals surface area contributed by atoms with Gasteiger partial charge < -0.3 is 19.7 Å². The summed E-state index contributed by atoms with van der Waals surface area (Å²) in [6, 6.07) is 5.54. The number of likely N-dealkylation sites (tertiary alicyclic amines) is 1. The van der Waals surface area contributed by atoms with Crippen LogP contribution in [0.15, 0.2) is 24.5 Å². The summed E-state index contributed by atoms with van der Waals surface area (Å²) in [5.74, 6) is 0.0510. The monoisotopic (exact) mass is 357 g/mol. The van der Waals surface area contributed by atoms with Crippen molar-refractivity contribution in [3.05, 3.63) is 24.5 Å². The molecule has 3 amide bonds. The number of fused-ring (bicyclic) bond motifs is 1. The molecule has 3 rings (SSSR count). The molecule has 2 heterocycles. The van der Waals surface area contributed by atoms with Gasteiger partial charge in [0.25, 0.3) is 0 Å². The Morgan fingerprint density at radius 3 is 2.81 bits per heavy atom. The van der Waals surface area contributed by atoms with E-state index in [1.807, 2.05) is 48.6 Å². The van der Waals surface area contributed by atoms with Crippen molar-refractivity contribution in [3.8, 4) is 0 Å². The van der Waals surface area contributed by atoms with Crippen molar-refractivity contribution in [2.75, 3.05) is 31.5 Å². The number of aromatic nitrogens is 2. The van der Waals surface area contributed by atoms with Gasteiger partial charge >= 0.3 is 6.03 Å². The summed E-state index contributed by atoms with van der Waals surface area (Å²) in [5, 5.41) is 2.94. The number of rotatable bonds is 4. The minimum absolute atomic E-state index is 0.104. The second-order valence-corrected chi connectivity index (χ2v) is 6.78. The summed E-state index contributed by atoms with van der Waals surface area (Å²) in [4.78, 5) is 33.2. The Morgan fingerprint density at radius 1 is 1.31 bits per heavy atom. The van der Waals surface area contributed by atoms with Gasteiger partial charge in [0.2, 0.25) is 5.91 Å². The Labute approximate surface area is 154 Å². The van der Waals surface area contributed by atoms with E-state index >= 15 is 0 Å². The van der Waals surface area contributed by atoms with Gasteiger partial charge in [0.05, 0.1) is 23.3 Å². The van der Waals surface area contributed by atoms with Crippen molar-refractivity contribution in [3.63, 3.8) is 0 Å². The van der Waals surface area contributed by atoms with E-state index in [-0.39, 0.29) is 17.9 Å². The predicted octanol–water partition coefficient (Wildman–Crippen LogP) is 2.69. The van der Waals surface area contributed by atoms with Crippen LogP contribution in [-0.4, -0.2) is 57.5 Å². The third kappa shape index (κ3) is 3.66. The molecule has 0 saturated carbocycles. The fraction of sp³-hybridized carbons (Fsp3) is 0.526. The van der Waals surface area contributed by atoms with Crippen LogP contribution >= 0.6 is 0 Å². The first-order chi connectivity index (χ1) is 12.5. The molecule has 1 aromatic heterocycles. The van der Waals surface area contributed by atoms with Crippen molar-refractivity contribution >= 4 is 28.7 Å². The Bertz CT molecular complexity index is 796. The molecule has 2 aromatic rings. The van der Waals surface area contributed by atoms with Crippen molar-refractivity contribution in [1.82, 2.24) is 19.4 Å². The number of hydrogen-bond acceptors (Lipinski definition) is 3. The molecule has 1 saturated heterocycles. The van der Waals surface area contributed by atoms with E-state index in [2.05, 4.69) is 10.3 Å². The van der Waals surface area contributed by atoms with E-state index in [1.165, 1.54) is 0 Å². The van der Waals surface area contributed by atoms with Crippen LogP contribution in [0.5, 0.6) is 0 Å². The van der Waals surface area contributed by atoms with Gasteiger partial charge in [0.1, 0.15) is 0 Å². The van der Waals surface area contributed by atoms with Gasteiger partial charge in [-0.1, -0.05) is 0 Å². The number of urea groups is 1. The second kappa shape index (κ2) is 7.76. The summed E-state index contributed by atoms with van der Waals surface area (Å²) < 4.78 is 1.94. The zero-order chi connectivity index (χ0) is 18.7. The molecule has 1 aromatic carbocycles. The van der Waals surface area contributed by atoms with Crippen LogP contribution in [0, 0.1) is 5.92 Å². The number of imidazole rings is 1. The molecule has 7 nitrogen and oxygen atoms in total. The van der Waals surface area contributed by atoms with E-state index in [0.29, 0.717) is 26.2 Å². The third-order valence-corrected chi connectivity index (χ3v) is 5.11. The summed E-state index contributed by atoms with van der Waals surface area (Å²) in [7, 11) is 1.94. The van der Waals surface area contributed by atoms with E-state index in [1.54, 1.807) is 11.2 Å². The van der Waals surface area contributed by atoms with Crippen LogP contribution in [-0.2, 0) is 11.8 Å². The molecular weight excluding hydrogens is 330 g/mol. The number of aryl methyl sites for hydroxylation is 1. The number of anilines is 1. The SMILES string of the molecule is CCN(CC)C(=O)[C@@H]1CCCN(C(=O)Nc2ccc3c(c2)ncn3C)C1. The number of carbonyl (C=O) groups excluding carboxylic acids is 2. The Hall–Kier alpha value is -2.57. The normalized spacial score (nSPS) is 17.3. The first-order valence-electron chi connectivity index (χ1n) is 9.29. The lowest BCUT2D eigenvalue weighted by molar-refractivity contribution is -0.136. The molecule has 0 aliphatic carbocycles. The number of piperidine rings is 1. The smallest absolute Gasteiger partial charge is 0.321 e. The van der Waals surface area contributed by atoms with Crippen molar-refractivity contribution in [2.24, 2.45) is 13.0 Å². The van der Waals surface area contributed by atoms with E-state index in [9.17, 15) is 9.59 Å². The molecule has 1 N–H and O–H groups in total. The van der Waals surface area contributed by atoms with Crippen molar-refractivity contribution in [1.29, 1.82) is 0 Å². The highest BCUT2D eigenvalue weighted by molar-refractivity contribution is 5.92. The lowest BCUT2D eigenvalue weighted by Crippen LogP contribution is -2.47. The summed E-state index contributed by atoms with van der Waals surface area (Å²) in [6.45, 7) is 6.56. The number of nitrogens with zero attached hydrogens (tertiary/aromatic N) is 4. The summed E-state index contributed by atoms with van der Waals surface area (Å²) >= 11 is 0. The second-order valence-electron chi connectivity index (χ2n) is 6.78. The molecule has 0 spiro atoms. The summed E-state index contributed by atoms with van der Waals surface area (Å²) in [5.41, 5.74) is 2.59. The first-order valence-corrected chi connectivity index (χ1v) is 9.29. The molecule has 0 bridgehead atoms. The molecule has 7 heteroatoms. The maximum Gasteiger partial charge on any atom is 0.321 e. The average Bonchev–Trinajstić information content (AvgIpc) is 3.03. The van der Waals surface area contributed by atoms with Gasteiger partial charge in [-0.2, -0.15) is 0 Å². The molecule has 0 unspecified atom stereocenters. The fourth-order valence-corrected chi connectivity index (χ4v) is 3.57. The number of carbonyl (C=O) groups is 2. The topological polar surface area (TPSA) is 70.5 Å². The van der Waals surface area contributed by atoms with Gasteiger partial charge in [0, 0.05) is 38.9 Å². The Morgan fingerprint density at radius 2 is 2.08 bits per heavy atom. The quantitative estimate of drug-likeness (QED) is 0.914. The van der Waals surface area contributed by atoms with E-state index in [0.717, 1.165) is 29.6 Å².